The molecule has 1 rings (SSSR count). The number of unbranched alkanes of at least 4 members (excludes halogenated alkanes) is 8. The maximum atomic E-state index is 9.64. The molecule has 0 bridgehead atoms. The van der Waals surface area contributed by atoms with Crippen LogP contribution in [0.1, 0.15) is 78.1 Å². The van der Waals surface area contributed by atoms with E-state index in [1.807, 2.05) is 11.8 Å². The fraction of sp³-hybridized carbons (Fsp3) is 0.833. The van der Waals surface area contributed by atoms with E-state index in [0.29, 0.717) is 0 Å². The van der Waals surface area contributed by atoms with Crippen LogP contribution in [0.25, 0.3) is 0 Å². The van der Waals surface area contributed by atoms with Crippen molar-refractivity contribution >= 4 is 5.84 Å². The summed E-state index contributed by atoms with van der Waals surface area (Å²) in [4.78, 5) is 6.53. The van der Waals surface area contributed by atoms with E-state index in [2.05, 4.69) is 24.1 Å². The number of allylic oxidation sites excluding steroid dienone is 2. The Morgan fingerprint density at radius 3 is 2.33 bits per heavy atom. The molecule has 3 heteroatoms. The lowest BCUT2D eigenvalue weighted by Crippen LogP contribution is -2.35. The number of amidine groups is 1. The Morgan fingerprint density at radius 1 is 1.10 bits per heavy atom. The van der Waals surface area contributed by atoms with Crippen LogP contribution in [0.3, 0.4) is 0 Å². The van der Waals surface area contributed by atoms with Gasteiger partial charge in [0.05, 0.1) is 6.54 Å². The van der Waals surface area contributed by atoms with Crippen molar-refractivity contribution in [1.82, 2.24) is 4.90 Å². The van der Waals surface area contributed by atoms with Crippen molar-refractivity contribution in [3.05, 3.63) is 12.2 Å². The lowest BCUT2D eigenvalue weighted by Gasteiger charge is -2.23. The van der Waals surface area contributed by atoms with Gasteiger partial charge in [-0.05, 0) is 33.1 Å². The van der Waals surface area contributed by atoms with Crippen molar-refractivity contribution in [2.24, 2.45) is 4.99 Å². The maximum Gasteiger partial charge on any atom is 0.125 e. The summed E-state index contributed by atoms with van der Waals surface area (Å²) >= 11 is 0. The molecule has 0 amide bonds. The topological polar surface area (TPSA) is 35.8 Å². The zero-order chi connectivity index (χ0) is 15.3. The molecular weight excluding hydrogens is 260 g/mol. The van der Waals surface area contributed by atoms with E-state index in [4.69, 9.17) is 0 Å². The number of aliphatic hydroxyl groups is 1. The van der Waals surface area contributed by atoms with Crippen molar-refractivity contribution in [1.29, 1.82) is 0 Å². The second-order valence-corrected chi connectivity index (χ2v) is 6.06. The smallest absolute Gasteiger partial charge is 0.125 e. The molecule has 1 unspecified atom stereocenters. The van der Waals surface area contributed by atoms with Gasteiger partial charge in [-0.25, -0.2) is 0 Å². The molecule has 0 radical (unpaired) electrons. The van der Waals surface area contributed by atoms with Crippen molar-refractivity contribution in [2.45, 2.75) is 84.3 Å². The van der Waals surface area contributed by atoms with Gasteiger partial charge in [-0.3, -0.25) is 4.99 Å². The van der Waals surface area contributed by atoms with E-state index in [1.54, 1.807) is 0 Å². The summed E-state index contributed by atoms with van der Waals surface area (Å²) in [7, 11) is 0. The monoisotopic (exact) mass is 294 g/mol. The van der Waals surface area contributed by atoms with Crippen molar-refractivity contribution < 1.29 is 5.11 Å². The van der Waals surface area contributed by atoms with Crippen molar-refractivity contribution in [3.63, 3.8) is 0 Å². The van der Waals surface area contributed by atoms with Gasteiger partial charge in [0.1, 0.15) is 12.1 Å². The zero-order valence-electron chi connectivity index (χ0n) is 14.1. The van der Waals surface area contributed by atoms with Crippen LogP contribution in [0.4, 0.5) is 0 Å². The zero-order valence-corrected chi connectivity index (χ0v) is 14.1. The third-order valence-corrected chi connectivity index (χ3v) is 4.17. The third-order valence-electron chi connectivity index (χ3n) is 4.17. The molecule has 0 aromatic heterocycles. The quantitative estimate of drug-likeness (QED) is 0.424. The lowest BCUT2D eigenvalue weighted by molar-refractivity contribution is 0.0766. The predicted molar refractivity (Wildman–Crippen MR) is 91.7 cm³/mol. The highest BCUT2D eigenvalue weighted by molar-refractivity contribution is 5.83. The number of rotatable bonds is 12. The summed E-state index contributed by atoms with van der Waals surface area (Å²) < 4.78 is 0. The predicted octanol–water partition coefficient (Wildman–Crippen LogP) is 4.52. The molecule has 3 nitrogen and oxygen atoms in total. The fourth-order valence-electron chi connectivity index (χ4n) is 2.90. The fourth-order valence-corrected chi connectivity index (χ4v) is 2.90. The minimum absolute atomic E-state index is 0.381. The second kappa shape index (κ2) is 11.8. The first-order chi connectivity index (χ1) is 10.3. The van der Waals surface area contributed by atoms with Gasteiger partial charge >= 0.3 is 0 Å². The molecule has 1 aliphatic rings. The highest BCUT2D eigenvalue weighted by atomic mass is 16.3. The van der Waals surface area contributed by atoms with Crippen LogP contribution in [0.5, 0.6) is 0 Å². The largest absolute Gasteiger partial charge is 0.374 e. The van der Waals surface area contributed by atoms with Gasteiger partial charge in [0, 0.05) is 13.0 Å². The van der Waals surface area contributed by atoms with E-state index < -0.39 is 0 Å². The van der Waals surface area contributed by atoms with Gasteiger partial charge in [-0.2, -0.15) is 0 Å². The van der Waals surface area contributed by atoms with Crippen LogP contribution >= 0.6 is 0 Å². The molecule has 21 heavy (non-hydrogen) atoms. The number of aliphatic hydroxyl groups excluding tert-OH is 1. The van der Waals surface area contributed by atoms with Crippen LogP contribution < -0.4 is 0 Å². The summed E-state index contributed by atoms with van der Waals surface area (Å²) in [6.07, 6.45) is 17.0. The Kier molecular flexibility index (Phi) is 10.2. The molecule has 1 aliphatic heterocycles. The summed E-state index contributed by atoms with van der Waals surface area (Å²) in [5.74, 6) is 1.12. The van der Waals surface area contributed by atoms with Gasteiger partial charge < -0.3 is 10.0 Å². The minimum atomic E-state index is -0.381. The summed E-state index contributed by atoms with van der Waals surface area (Å²) in [5.41, 5.74) is 0. The molecule has 0 spiro atoms. The lowest BCUT2D eigenvalue weighted by atomic mass is 10.1. The molecule has 1 N–H and O–H groups in total. The highest BCUT2D eigenvalue weighted by Gasteiger charge is 2.19. The first-order valence-electron chi connectivity index (χ1n) is 8.85. The molecule has 0 saturated heterocycles. The van der Waals surface area contributed by atoms with Gasteiger partial charge in [-0.15, -0.1) is 0 Å². The third kappa shape index (κ3) is 8.25. The van der Waals surface area contributed by atoms with E-state index in [0.717, 1.165) is 25.3 Å². The molecule has 0 saturated carbocycles. The Balaban J connectivity index is 1.89. The summed E-state index contributed by atoms with van der Waals surface area (Å²) in [6, 6.07) is 0. The van der Waals surface area contributed by atoms with Crippen LogP contribution in [-0.4, -0.2) is 35.2 Å². The van der Waals surface area contributed by atoms with Crippen LogP contribution in [0, 0.1) is 0 Å². The molecular formula is C18H34N2O. The number of hydrogen-bond donors (Lipinski definition) is 1. The average Bonchev–Trinajstić information content (AvgIpc) is 2.93. The number of nitrogens with zero attached hydrogens (tertiary/aromatic N) is 2. The van der Waals surface area contributed by atoms with Crippen LogP contribution in [0.15, 0.2) is 17.1 Å². The summed E-state index contributed by atoms with van der Waals surface area (Å²) in [6.45, 7) is 5.67. The highest BCUT2D eigenvalue weighted by Crippen LogP contribution is 2.14. The Hall–Kier alpha value is -0.830. The van der Waals surface area contributed by atoms with Gasteiger partial charge in [0.2, 0.25) is 0 Å². The molecule has 0 aliphatic carbocycles. The van der Waals surface area contributed by atoms with Gasteiger partial charge in [0.25, 0.3) is 0 Å². The molecule has 1 heterocycles. The van der Waals surface area contributed by atoms with Crippen molar-refractivity contribution in [2.75, 3.05) is 13.1 Å². The Bertz CT molecular complexity index is 310. The molecule has 0 fully saturated rings. The minimum Gasteiger partial charge on any atom is -0.374 e. The van der Waals surface area contributed by atoms with E-state index in [1.165, 1.54) is 57.8 Å². The first-order valence-corrected chi connectivity index (χ1v) is 8.85. The van der Waals surface area contributed by atoms with Gasteiger partial charge in [-0.1, -0.05) is 50.7 Å². The Labute approximate surface area is 131 Å². The van der Waals surface area contributed by atoms with Gasteiger partial charge in [0.15, 0.2) is 0 Å². The second-order valence-electron chi connectivity index (χ2n) is 6.06. The van der Waals surface area contributed by atoms with Crippen LogP contribution in [-0.2, 0) is 0 Å². The van der Waals surface area contributed by atoms with E-state index in [9.17, 15) is 5.11 Å². The normalized spacial score (nSPS) is 16.7. The van der Waals surface area contributed by atoms with E-state index in [-0.39, 0.29) is 6.23 Å². The number of hydrogen-bond acceptors (Lipinski definition) is 3. The molecule has 0 aromatic carbocycles. The summed E-state index contributed by atoms with van der Waals surface area (Å²) in [5, 5.41) is 9.64. The maximum absolute atomic E-state index is 9.64. The average molecular weight is 294 g/mol. The molecule has 1 atom stereocenters. The number of aliphatic imine (C=N–C) groups is 1. The standard InChI is InChI=1S/C18H34N2O/c1-3-4-5-6-7-8-9-10-11-12-13-14-18-19-15-16-20(18)17(2)21/h3-4,17,21H,5-16H2,1-2H3/b4-3+. The Morgan fingerprint density at radius 2 is 1.71 bits per heavy atom. The van der Waals surface area contributed by atoms with Crippen molar-refractivity contribution in [3.8, 4) is 0 Å². The molecule has 122 valence electrons. The first kappa shape index (κ1) is 18.2. The SMILES string of the molecule is C/C=C/CCCCCCCCCCC1=NCCN1C(C)O. The van der Waals surface area contributed by atoms with E-state index >= 15 is 0 Å². The van der Waals surface area contributed by atoms with Crippen LogP contribution in [0.2, 0.25) is 0 Å². The molecule has 0 aromatic rings.